The smallest absolute Gasteiger partial charge is 0.213 e. The molecule has 102 valence electrons. The molecule has 0 saturated carbocycles. The van der Waals surface area contributed by atoms with E-state index in [0.29, 0.717) is 11.9 Å². The van der Waals surface area contributed by atoms with Crippen LogP contribution in [0.4, 0.5) is 0 Å². The number of aromatic nitrogens is 1. The first kappa shape index (κ1) is 14.9. The highest BCUT2D eigenvalue weighted by Gasteiger charge is 2.19. The van der Waals surface area contributed by atoms with E-state index in [1.54, 1.807) is 20.4 Å². The molecule has 1 aromatic heterocycles. The Kier molecular flexibility index (Phi) is 5.56. The Hall–Kier alpha value is -1.13. The molecule has 18 heavy (non-hydrogen) atoms. The lowest BCUT2D eigenvalue weighted by Gasteiger charge is -2.27. The molecule has 0 saturated heterocycles. The molecule has 0 radical (unpaired) electrons. The standard InChI is InChI=1S/C14H24N2O2/c1-11(9-14(2,3)18-5)16-10-12-6-7-15-13(8-12)17-4/h6-8,11,16H,9-10H2,1-5H3. The van der Waals surface area contributed by atoms with Crippen LogP contribution in [0.2, 0.25) is 0 Å². The summed E-state index contributed by atoms with van der Waals surface area (Å²) in [7, 11) is 3.38. The quantitative estimate of drug-likeness (QED) is 0.809. The molecule has 0 aliphatic carbocycles. The van der Waals surface area contributed by atoms with Gasteiger partial charge in [0.2, 0.25) is 5.88 Å². The van der Waals surface area contributed by atoms with E-state index in [1.165, 1.54) is 5.56 Å². The zero-order valence-corrected chi connectivity index (χ0v) is 12.0. The predicted molar refractivity (Wildman–Crippen MR) is 72.8 cm³/mol. The van der Waals surface area contributed by atoms with Gasteiger partial charge in [0, 0.05) is 32.0 Å². The predicted octanol–water partition coefficient (Wildman–Crippen LogP) is 2.38. The van der Waals surface area contributed by atoms with Gasteiger partial charge in [0.25, 0.3) is 0 Å². The van der Waals surface area contributed by atoms with Crippen LogP contribution < -0.4 is 10.1 Å². The van der Waals surface area contributed by atoms with Crippen molar-refractivity contribution in [2.24, 2.45) is 0 Å². The Morgan fingerprint density at radius 2 is 2.11 bits per heavy atom. The fourth-order valence-corrected chi connectivity index (χ4v) is 1.86. The minimum Gasteiger partial charge on any atom is -0.481 e. The van der Waals surface area contributed by atoms with Gasteiger partial charge in [0.15, 0.2) is 0 Å². The van der Waals surface area contributed by atoms with Gasteiger partial charge in [0.05, 0.1) is 12.7 Å². The van der Waals surface area contributed by atoms with Crippen molar-refractivity contribution in [1.29, 1.82) is 0 Å². The monoisotopic (exact) mass is 252 g/mol. The van der Waals surface area contributed by atoms with E-state index in [1.807, 2.05) is 12.1 Å². The van der Waals surface area contributed by atoms with Crippen LogP contribution in [0.5, 0.6) is 5.88 Å². The molecular weight excluding hydrogens is 228 g/mol. The topological polar surface area (TPSA) is 43.4 Å². The molecule has 1 atom stereocenters. The second-order valence-electron chi connectivity index (χ2n) is 5.16. The minimum absolute atomic E-state index is 0.0949. The Morgan fingerprint density at radius 1 is 1.39 bits per heavy atom. The summed E-state index contributed by atoms with van der Waals surface area (Å²) in [6.45, 7) is 7.17. The Balaban J connectivity index is 2.44. The number of hydrogen-bond donors (Lipinski definition) is 1. The first-order valence-electron chi connectivity index (χ1n) is 6.24. The Morgan fingerprint density at radius 3 is 2.72 bits per heavy atom. The molecule has 1 heterocycles. The van der Waals surface area contributed by atoms with Crippen LogP contribution in [0.1, 0.15) is 32.8 Å². The summed E-state index contributed by atoms with van der Waals surface area (Å²) in [5, 5.41) is 3.48. The molecule has 1 rings (SSSR count). The molecule has 1 N–H and O–H groups in total. The minimum atomic E-state index is -0.0949. The third-order valence-electron chi connectivity index (χ3n) is 3.01. The Bertz CT molecular complexity index is 367. The van der Waals surface area contributed by atoms with Crippen LogP contribution in [0.15, 0.2) is 18.3 Å². The zero-order chi connectivity index (χ0) is 13.6. The van der Waals surface area contributed by atoms with Crippen molar-refractivity contribution in [2.75, 3.05) is 14.2 Å². The number of pyridine rings is 1. The van der Waals surface area contributed by atoms with Crippen LogP contribution in [-0.2, 0) is 11.3 Å². The lowest BCUT2D eigenvalue weighted by molar-refractivity contribution is 0.00844. The molecule has 1 aromatic rings. The summed E-state index contributed by atoms with van der Waals surface area (Å²) < 4.78 is 10.5. The zero-order valence-electron chi connectivity index (χ0n) is 12.0. The lowest BCUT2D eigenvalue weighted by atomic mass is 10.00. The maximum Gasteiger partial charge on any atom is 0.213 e. The van der Waals surface area contributed by atoms with Crippen molar-refractivity contribution in [3.8, 4) is 5.88 Å². The summed E-state index contributed by atoms with van der Waals surface area (Å²) in [6, 6.07) is 4.32. The Labute approximate surface area is 110 Å². The van der Waals surface area contributed by atoms with Gasteiger partial charge in [-0.15, -0.1) is 0 Å². The van der Waals surface area contributed by atoms with E-state index in [9.17, 15) is 0 Å². The highest BCUT2D eigenvalue weighted by Crippen LogP contribution is 2.16. The van der Waals surface area contributed by atoms with Crippen LogP contribution in [0.25, 0.3) is 0 Å². The second kappa shape index (κ2) is 6.71. The van der Waals surface area contributed by atoms with Crippen molar-refractivity contribution >= 4 is 0 Å². The van der Waals surface area contributed by atoms with Crippen molar-refractivity contribution < 1.29 is 9.47 Å². The van der Waals surface area contributed by atoms with Crippen LogP contribution >= 0.6 is 0 Å². The van der Waals surface area contributed by atoms with Gasteiger partial charge < -0.3 is 14.8 Å². The third kappa shape index (κ3) is 5.02. The normalized spacial score (nSPS) is 13.4. The van der Waals surface area contributed by atoms with Crippen molar-refractivity contribution in [2.45, 2.75) is 45.4 Å². The highest BCUT2D eigenvalue weighted by molar-refractivity contribution is 5.20. The summed E-state index contributed by atoms with van der Waals surface area (Å²) in [5.74, 6) is 0.652. The molecule has 0 aliphatic heterocycles. The van der Waals surface area contributed by atoms with E-state index < -0.39 is 0 Å². The number of methoxy groups -OCH3 is 2. The number of rotatable bonds is 7. The average Bonchev–Trinajstić information content (AvgIpc) is 2.36. The van der Waals surface area contributed by atoms with Crippen molar-refractivity contribution in [1.82, 2.24) is 10.3 Å². The van der Waals surface area contributed by atoms with Gasteiger partial charge in [-0.05, 0) is 38.8 Å². The molecule has 0 aliphatic rings. The lowest BCUT2D eigenvalue weighted by Crippen LogP contribution is -2.35. The van der Waals surface area contributed by atoms with Gasteiger partial charge in [-0.3, -0.25) is 0 Å². The van der Waals surface area contributed by atoms with Gasteiger partial charge in [0.1, 0.15) is 0 Å². The maximum atomic E-state index is 5.43. The van der Waals surface area contributed by atoms with E-state index in [2.05, 4.69) is 31.1 Å². The summed E-state index contributed by atoms with van der Waals surface area (Å²) >= 11 is 0. The highest BCUT2D eigenvalue weighted by atomic mass is 16.5. The van der Waals surface area contributed by atoms with Crippen LogP contribution in [-0.4, -0.2) is 30.8 Å². The molecule has 0 bridgehead atoms. The van der Waals surface area contributed by atoms with Crippen molar-refractivity contribution in [3.63, 3.8) is 0 Å². The number of nitrogens with zero attached hydrogens (tertiary/aromatic N) is 1. The maximum absolute atomic E-state index is 5.43. The first-order valence-corrected chi connectivity index (χ1v) is 6.24. The van der Waals surface area contributed by atoms with Crippen molar-refractivity contribution in [3.05, 3.63) is 23.9 Å². The molecule has 0 amide bonds. The van der Waals surface area contributed by atoms with Gasteiger partial charge >= 0.3 is 0 Å². The molecule has 0 aromatic carbocycles. The van der Waals surface area contributed by atoms with Gasteiger partial charge in [-0.25, -0.2) is 4.98 Å². The number of nitrogens with one attached hydrogen (secondary N) is 1. The van der Waals surface area contributed by atoms with E-state index in [0.717, 1.165) is 13.0 Å². The first-order chi connectivity index (χ1) is 8.46. The molecule has 4 nitrogen and oxygen atoms in total. The molecule has 4 heteroatoms. The molecule has 0 fully saturated rings. The number of ether oxygens (including phenoxy) is 2. The van der Waals surface area contributed by atoms with E-state index in [4.69, 9.17) is 9.47 Å². The van der Waals surface area contributed by atoms with E-state index >= 15 is 0 Å². The fourth-order valence-electron chi connectivity index (χ4n) is 1.86. The molecule has 1 unspecified atom stereocenters. The van der Waals surface area contributed by atoms with Gasteiger partial charge in [-0.1, -0.05) is 0 Å². The SMILES string of the molecule is COc1cc(CNC(C)CC(C)(C)OC)ccn1. The van der Waals surface area contributed by atoms with Crippen LogP contribution in [0.3, 0.4) is 0 Å². The second-order valence-corrected chi connectivity index (χ2v) is 5.16. The van der Waals surface area contributed by atoms with Gasteiger partial charge in [-0.2, -0.15) is 0 Å². The largest absolute Gasteiger partial charge is 0.481 e. The summed E-state index contributed by atoms with van der Waals surface area (Å²) in [4.78, 5) is 4.09. The van der Waals surface area contributed by atoms with E-state index in [-0.39, 0.29) is 5.60 Å². The fraction of sp³-hybridized carbons (Fsp3) is 0.643. The van der Waals surface area contributed by atoms with Crippen LogP contribution in [0, 0.1) is 0 Å². The summed E-state index contributed by atoms with van der Waals surface area (Å²) in [6.07, 6.45) is 2.73. The number of hydrogen-bond acceptors (Lipinski definition) is 4. The third-order valence-corrected chi connectivity index (χ3v) is 3.01. The average molecular weight is 252 g/mol. The summed E-state index contributed by atoms with van der Waals surface area (Å²) in [5.41, 5.74) is 1.08. The molecular formula is C14H24N2O2. The molecule has 0 spiro atoms.